The molecule has 0 N–H and O–H groups in total. The van der Waals surface area contributed by atoms with E-state index in [0.29, 0.717) is 0 Å². The first-order valence-corrected chi connectivity index (χ1v) is 30.2. The molecule has 0 amide bonds. The summed E-state index contributed by atoms with van der Waals surface area (Å²) in [6.45, 7) is 8.14. The van der Waals surface area contributed by atoms with Crippen LogP contribution in [-0.4, -0.2) is 0 Å². The van der Waals surface area contributed by atoms with Crippen molar-refractivity contribution in [1.29, 1.82) is 0 Å². The molecule has 2 aliphatic rings. The summed E-state index contributed by atoms with van der Waals surface area (Å²) in [7, 11) is 0. The van der Waals surface area contributed by atoms with Crippen LogP contribution >= 0.6 is 11.3 Å². The second-order valence-electron chi connectivity index (χ2n) is 22.7. The number of nitrogens with zero attached hydrogens (tertiary/aromatic N) is 2. The summed E-state index contributed by atoms with van der Waals surface area (Å²) in [5.74, 6) is -0.594. The number of fused-ring (bicyclic) bond motifs is 10. The standard InChI is InChI=1S/C82H54F2N2S/c1-3-53-23-28-59(29-24-53)81(57-15-7-5-8-16-57)75-21-13-11-19-69(75)71-44-41-67(51-77(71)81)85(63-37-32-61(83)33-38-63)65-36-27-55-49-80-73(48-56(55)47-65)74-50-66(43-46-79(74)87-80)86(64-39-34-62(84)35-40-64)68-42-45-72-70-20-12-14-22-76(70)82(78(72)52-68,58-17-9-6-10-18-58)60-30-25-54(4-2)26-31-60/h3-52H,1-2H2. The maximum atomic E-state index is 15.0. The van der Waals surface area contributed by atoms with E-state index in [1.165, 1.54) is 60.3 Å². The lowest BCUT2D eigenvalue weighted by Gasteiger charge is -2.35. The molecule has 0 saturated heterocycles. The summed E-state index contributed by atoms with van der Waals surface area (Å²) < 4.78 is 32.3. The lowest BCUT2D eigenvalue weighted by Crippen LogP contribution is -2.28. The van der Waals surface area contributed by atoms with Gasteiger partial charge in [-0.2, -0.15) is 0 Å². The van der Waals surface area contributed by atoms with Crippen molar-refractivity contribution in [2.24, 2.45) is 0 Å². The predicted molar refractivity (Wildman–Crippen MR) is 361 cm³/mol. The fourth-order valence-corrected chi connectivity index (χ4v) is 15.5. The van der Waals surface area contributed by atoms with Crippen molar-refractivity contribution in [2.75, 3.05) is 9.80 Å². The zero-order valence-corrected chi connectivity index (χ0v) is 48.2. The van der Waals surface area contributed by atoms with E-state index in [9.17, 15) is 4.39 Å². The Morgan fingerprint density at radius 1 is 0.299 bits per heavy atom. The van der Waals surface area contributed by atoms with Crippen LogP contribution in [0.2, 0.25) is 0 Å². The molecule has 2 nitrogen and oxygen atoms in total. The van der Waals surface area contributed by atoms with Crippen LogP contribution < -0.4 is 9.80 Å². The molecule has 13 aromatic carbocycles. The Kier molecular flexibility index (Phi) is 12.2. The van der Waals surface area contributed by atoms with Crippen molar-refractivity contribution >= 4 is 88.6 Å². The van der Waals surface area contributed by atoms with Gasteiger partial charge in [0.2, 0.25) is 0 Å². The molecule has 14 aromatic rings. The zero-order valence-electron chi connectivity index (χ0n) is 47.3. The molecule has 1 aromatic heterocycles. The fourth-order valence-electron chi connectivity index (χ4n) is 14.4. The molecule has 1 heterocycles. The molecule has 0 radical (unpaired) electrons. The molecular formula is C82H54F2N2S. The molecule has 16 rings (SSSR count). The van der Waals surface area contributed by atoms with Crippen LogP contribution in [0.5, 0.6) is 0 Å². The third-order valence-electron chi connectivity index (χ3n) is 18.2. The molecule has 5 heteroatoms. The second-order valence-corrected chi connectivity index (χ2v) is 23.8. The van der Waals surface area contributed by atoms with Crippen LogP contribution in [0.4, 0.5) is 42.9 Å². The smallest absolute Gasteiger partial charge is 0.123 e. The Hall–Kier alpha value is -10.7. The minimum atomic E-state index is -0.644. The molecule has 0 bridgehead atoms. The monoisotopic (exact) mass is 1140 g/mol. The minimum absolute atomic E-state index is 0.297. The fraction of sp³-hybridized carbons (Fsp3) is 0.0244. The van der Waals surface area contributed by atoms with Gasteiger partial charge in [-0.3, -0.25) is 0 Å². The molecule has 2 unspecified atom stereocenters. The van der Waals surface area contributed by atoms with Gasteiger partial charge in [0.15, 0.2) is 0 Å². The number of hydrogen-bond acceptors (Lipinski definition) is 3. The van der Waals surface area contributed by atoms with E-state index in [1.807, 2.05) is 36.4 Å². The highest BCUT2D eigenvalue weighted by Crippen LogP contribution is 2.59. The average molecular weight is 1140 g/mol. The van der Waals surface area contributed by atoms with Gasteiger partial charge in [-0.25, -0.2) is 8.78 Å². The van der Waals surface area contributed by atoms with Gasteiger partial charge in [0.1, 0.15) is 11.6 Å². The van der Waals surface area contributed by atoms with Gasteiger partial charge in [-0.15, -0.1) is 11.3 Å². The van der Waals surface area contributed by atoms with Crippen molar-refractivity contribution in [2.45, 2.75) is 10.8 Å². The normalized spacial score (nSPS) is 15.4. The summed E-state index contributed by atoms with van der Waals surface area (Å²) in [4.78, 5) is 4.52. The van der Waals surface area contributed by atoms with Crippen molar-refractivity contribution in [3.8, 4) is 22.3 Å². The molecule has 0 saturated carbocycles. The van der Waals surface area contributed by atoms with Crippen LogP contribution in [0.25, 0.3) is 65.4 Å². The van der Waals surface area contributed by atoms with Crippen molar-refractivity contribution in [3.63, 3.8) is 0 Å². The average Bonchev–Trinajstić information content (AvgIpc) is 1.59. The van der Waals surface area contributed by atoms with Gasteiger partial charge in [0.25, 0.3) is 0 Å². The van der Waals surface area contributed by atoms with Gasteiger partial charge in [-0.05, 0) is 204 Å². The minimum Gasteiger partial charge on any atom is -0.310 e. The molecule has 0 fully saturated rings. The number of benzene rings is 13. The van der Waals surface area contributed by atoms with Crippen LogP contribution in [-0.2, 0) is 10.8 Å². The Balaban J connectivity index is 0.855. The first kappa shape index (κ1) is 51.9. The largest absolute Gasteiger partial charge is 0.310 e. The first-order chi connectivity index (χ1) is 42.8. The molecule has 0 spiro atoms. The van der Waals surface area contributed by atoms with E-state index >= 15 is 4.39 Å². The lowest BCUT2D eigenvalue weighted by atomic mass is 9.67. The number of rotatable bonds is 12. The van der Waals surface area contributed by atoms with Gasteiger partial charge in [-0.1, -0.05) is 201 Å². The Bertz CT molecular complexity index is 5030. The Labute approximate surface area is 508 Å². The van der Waals surface area contributed by atoms with Gasteiger partial charge < -0.3 is 9.80 Å². The summed E-state index contributed by atoms with van der Waals surface area (Å²) in [5.41, 5.74) is 20.5. The summed E-state index contributed by atoms with van der Waals surface area (Å²) >= 11 is 1.78. The first-order valence-electron chi connectivity index (χ1n) is 29.4. The van der Waals surface area contributed by atoms with E-state index in [0.717, 1.165) is 82.6 Å². The maximum absolute atomic E-state index is 15.0. The molecule has 0 aliphatic heterocycles. The van der Waals surface area contributed by atoms with E-state index in [1.54, 1.807) is 35.6 Å². The number of hydrogen-bond donors (Lipinski definition) is 0. The Morgan fingerprint density at radius 3 is 1.18 bits per heavy atom. The number of halogens is 2. The number of anilines is 6. The van der Waals surface area contributed by atoms with Gasteiger partial charge in [0, 0.05) is 54.3 Å². The zero-order chi connectivity index (χ0) is 58.4. The Morgan fingerprint density at radius 2 is 0.690 bits per heavy atom. The summed E-state index contributed by atoms with van der Waals surface area (Å²) in [5, 5.41) is 4.43. The molecule has 2 atom stereocenters. The lowest BCUT2D eigenvalue weighted by molar-refractivity contribution is 0.627. The van der Waals surface area contributed by atoms with E-state index in [-0.39, 0.29) is 11.6 Å². The second kappa shape index (κ2) is 20.5. The highest BCUT2D eigenvalue weighted by atomic mass is 32.1. The summed E-state index contributed by atoms with van der Waals surface area (Å²) in [6.07, 6.45) is 3.78. The van der Waals surface area contributed by atoms with E-state index < -0.39 is 10.8 Å². The van der Waals surface area contributed by atoms with Gasteiger partial charge in [0.05, 0.1) is 10.8 Å². The molecular weight excluding hydrogens is 1080 g/mol. The number of thiophene rings is 1. The van der Waals surface area contributed by atoms with E-state index in [4.69, 9.17) is 0 Å². The molecule has 2 aliphatic carbocycles. The van der Waals surface area contributed by atoms with Crippen LogP contribution in [0, 0.1) is 11.6 Å². The third-order valence-corrected chi connectivity index (χ3v) is 19.4. The van der Waals surface area contributed by atoms with E-state index in [2.05, 4.69) is 266 Å². The highest BCUT2D eigenvalue weighted by Gasteiger charge is 2.48. The van der Waals surface area contributed by atoms with Crippen LogP contribution in [0.15, 0.2) is 304 Å². The van der Waals surface area contributed by atoms with Gasteiger partial charge >= 0.3 is 0 Å². The van der Waals surface area contributed by atoms with Crippen LogP contribution in [0.1, 0.15) is 55.6 Å². The molecule has 87 heavy (non-hydrogen) atoms. The highest BCUT2D eigenvalue weighted by molar-refractivity contribution is 7.25. The molecule has 412 valence electrons. The van der Waals surface area contributed by atoms with Crippen LogP contribution in [0.3, 0.4) is 0 Å². The SMILES string of the molecule is C=Cc1ccc(C2(c3ccccc3)c3ccccc3-c3ccc(N(c4ccc(F)cc4)c4ccc5cc6sc7ccc(N(c8ccc(F)cc8)c8ccc9c(c8)C(c8ccccc8)(c8ccc(C=C)cc8)c8ccccc8-9)cc7c6cc5c4)cc32)cc1. The predicted octanol–water partition coefficient (Wildman–Crippen LogP) is 22.4. The maximum Gasteiger partial charge on any atom is 0.123 e. The van der Waals surface area contributed by atoms with Crippen molar-refractivity contribution in [1.82, 2.24) is 0 Å². The summed E-state index contributed by atoms with van der Waals surface area (Å²) in [6, 6.07) is 102. The quantitative estimate of drug-likeness (QED) is 0.120. The third kappa shape index (κ3) is 8.11. The van der Waals surface area contributed by atoms with Crippen molar-refractivity contribution in [3.05, 3.63) is 372 Å². The van der Waals surface area contributed by atoms with Crippen molar-refractivity contribution < 1.29 is 8.78 Å². The topological polar surface area (TPSA) is 6.48 Å².